The summed E-state index contributed by atoms with van der Waals surface area (Å²) in [6, 6.07) is 6.30. The number of hydrogen-bond acceptors (Lipinski definition) is 6. The number of nitrogens with one attached hydrogen (secondary N) is 2. The van der Waals surface area contributed by atoms with Crippen molar-refractivity contribution in [2.75, 3.05) is 11.9 Å². The van der Waals surface area contributed by atoms with Gasteiger partial charge in [0.25, 0.3) is 0 Å². The van der Waals surface area contributed by atoms with Gasteiger partial charge < -0.3 is 14.8 Å². The Hall–Kier alpha value is -2.97. The van der Waals surface area contributed by atoms with E-state index in [4.69, 9.17) is 14.4 Å². The molecule has 3 rings (SSSR count). The Balaban J connectivity index is 0.00000136. The lowest BCUT2D eigenvalue weighted by Gasteiger charge is -2.11. The maximum Gasteiger partial charge on any atom is 0.312 e. The highest BCUT2D eigenvalue weighted by atomic mass is 19.1. The van der Waals surface area contributed by atoms with E-state index in [-0.39, 0.29) is 23.7 Å². The van der Waals surface area contributed by atoms with Crippen LogP contribution in [0.25, 0.3) is 11.0 Å². The van der Waals surface area contributed by atoms with Crippen LogP contribution in [0, 0.1) is 12.7 Å². The number of aromatic nitrogens is 1. The van der Waals surface area contributed by atoms with E-state index in [1.165, 1.54) is 18.5 Å². The second kappa shape index (κ2) is 9.82. The molecule has 0 fully saturated rings. The molecule has 0 spiro atoms. The summed E-state index contributed by atoms with van der Waals surface area (Å²) in [6.45, 7) is 7.11. The van der Waals surface area contributed by atoms with Crippen LogP contribution in [0.5, 0.6) is 0 Å². The fourth-order valence-electron chi connectivity index (χ4n) is 2.32. The van der Waals surface area contributed by atoms with Crippen LogP contribution in [0.2, 0.25) is 0 Å². The number of rotatable bonds is 6. The van der Waals surface area contributed by atoms with E-state index in [1.54, 1.807) is 32.0 Å². The number of nitrogens with zero attached hydrogens (tertiary/aromatic N) is 1. The number of amides is 1. The predicted molar refractivity (Wildman–Crippen MR) is 105 cm³/mol. The Morgan fingerprint density at radius 2 is 2.11 bits per heavy atom. The van der Waals surface area contributed by atoms with E-state index >= 15 is 0 Å². The molecule has 28 heavy (non-hydrogen) atoms. The number of anilines is 2. The van der Waals surface area contributed by atoms with Gasteiger partial charge >= 0.3 is 5.91 Å². The molecule has 8 heteroatoms. The zero-order chi connectivity index (χ0) is 20.7. The molecule has 0 saturated heterocycles. The SMILES string of the molecule is CC.Cc1ccc(Nc2c(C(=O)NOC(C)CO)oc3ccncc23)c(F)c1. The van der Waals surface area contributed by atoms with Crippen LogP contribution in [0.4, 0.5) is 15.8 Å². The van der Waals surface area contributed by atoms with Crippen molar-refractivity contribution in [1.29, 1.82) is 0 Å². The van der Waals surface area contributed by atoms with Gasteiger partial charge in [-0.15, -0.1) is 0 Å². The number of aliphatic hydroxyl groups excluding tert-OH is 1. The first-order valence-electron chi connectivity index (χ1n) is 8.96. The van der Waals surface area contributed by atoms with Gasteiger partial charge in [-0.25, -0.2) is 9.87 Å². The van der Waals surface area contributed by atoms with E-state index in [9.17, 15) is 9.18 Å². The highest BCUT2D eigenvalue weighted by Crippen LogP contribution is 2.33. The largest absolute Gasteiger partial charge is 0.448 e. The third-order valence-corrected chi connectivity index (χ3v) is 3.69. The molecule has 2 heterocycles. The summed E-state index contributed by atoms with van der Waals surface area (Å²) in [7, 11) is 0. The summed E-state index contributed by atoms with van der Waals surface area (Å²) >= 11 is 0. The van der Waals surface area contributed by atoms with Gasteiger partial charge in [-0.1, -0.05) is 19.9 Å². The molecule has 1 aromatic carbocycles. The molecule has 0 bridgehead atoms. The summed E-state index contributed by atoms with van der Waals surface area (Å²) in [4.78, 5) is 21.5. The number of halogens is 1. The van der Waals surface area contributed by atoms with E-state index in [1.807, 2.05) is 13.8 Å². The molecule has 3 aromatic rings. The zero-order valence-corrected chi connectivity index (χ0v) is 16.2. The van der Waals surface area contributed by atoms with Crippen LogP contribution < -0.4 is 10.8 Å². The van der Waals surface area contributed by atoms with Crippen LogP contribution >= 0.6 is 0 Å². The molecule has 7 nitrogen and oxygen atoms in total. The predicted octanol–water partition coefficient (Wildman–Crippen LogP) is 4.09. The van der Waals surface area contributed by atoms with Crippen LogP contribution in [0.1, 0.15) is 36.9 Å². The number of furan rings is 1. The van der Waals surface area contributed by atoms with Gasteiger partial charge in [-0.2, -0.15) is 0 Å². The van der Waals surface area contributed by atoms with Gasteiger partial charge in [-0.05, 0) is 37.6 Å². The molecule has 0 radical (unpaired) electrons. The minimum absolute atomic E-state index is 0.0851. The Morgan fingerprint density at radius 3 is 2.79 bits per heavy atom. The zero-order valence-electron chi connectivity index (χ0n) is 16.2. The molecule has 150 valence electrons. The number of carbonyl (C=O) groups is 1. The molecule has 0 aliphatic heterocycles. The summed E-state index contributed by atoms with van der Waals surface area (Å²) in [5, 5.41) is 12.4. The fourth-order valence-corrected chi connectivity index (χ4v) is 2.32. The van der Waals surface area contributed by atoms with Gasteiger partial charge in [0.2, 0.25) is 5.76 Å². The Kier molecular flexibility index (Phi) is 7.48. The summed E-state index contributed by atoms with van der Waals surface area (Å²) < 4.78 is 19.8. The molecule has 2 aromatic heterocycles. The molecule has 0 aliphatic carbocycles. The lowest BCUT2D eigenvalue weighted by molar-refractivity contribution is -0.0313. The smallest absolute Gasteiger partial charge is 0.312 e. The first-order chi connectivity index (χ1) is 13.5. The van der Waals surface area contributed by atoms with Crippen molar-refractivity contribution in [3.63, 3.8) is 0 Å². The van der Waals surface area contributed by atoms with E-state index in [0.717, 1.165) is 5.56 Å². The number of hydroxylamine groups is 1. The molecule has 0 saturated carbocycles. The fraction of sp³-hybridized carbons (Fsp3) is 0.300. The summed E-state index contributed by atoms with van der Waals surface area (Å²) in [5.41, 5.74) is 3.87. The van der Waals surface area contributed by atoms with Gasteiger partial charge in [0.1, 0.15) is 23.2 Å². The lowest BCUT2D eigenvalue weighted by Crippen LogP contribution is -2.30. The van der Waals surface area contributed by atoms with Gasteiger partial charge in [0, 0.05) is 12.4 Å². The topological polar surface area (TPSA) is 96.6 Å². The molecule has 1 amide bonds. The van der Waals surface area contributed by atoms with Crippen molar-refractivity contribution >= 4 is 28.3 Å². The molecule has 3 N–H and O–H groups in total. The van der Waals surface area contributed by atoms with Gasteiger partial charge in [-0.3, -0.25) is 14.6 Å². The van der Waals surface area contributed by atoms with Crippen LogP contribution in [-0.2, 0) is 4.84 Å². The summed E-state index contributed by atoms with van der Waals surface area (Å²) in [6.07, 6.45) is 2.45. The maximum atomic E-state index is 14.2. The minimum Gasteiger partial charge on any atom is -0.448 e. The Labute approximate surface area is 162 Å². The second-order valence-corrected chi connectivity index (χ2v) is 5.83. The van der Waals surface area contributed by atoms with E-state index in [2.05, 4.69) is 15.8 Å². The first kappa shape index (κ1) is 21.3. The number of aliphatic hydroxyl groups is 1. The first-order valence-corrected chi connectivity index (χ1v) is 8.96. The van der Waals surface area contributed by atoms with Gasteiger partial charge in [0.05, 0.1) is 17.7 Å². The molecular formula is C20H24FN3O4. The van der Waals surface area contributed by atoms with E-state index in [0.29, 0.717) is 11.0 Å². The Morgan fingerprint density at radius 1 is 1.36 bits per heavy atom. The third-order valence-electron chi connectivity index (χ3n) is 3.69. The lowest BCUT2D eigenvalue weighted by atomic mass is 10.2. The number of benzene rings is 1. The van der Waals surface area contributed by atoms with Crippen molar-refractivity contribution in [3.05, 3.63) is 53.8 Å². The van der Waals surface area contributed by atoms with Crippen molar-refractivity contribution in [3.8, 4) is 0 Å². The molecule has 0 aliphatic rings. The maximum absolute atomic E-state index is 14.2. The van der Waals surface area contributed by atoms with Gasteiger partial charge in [0.15, 0.2) is 0 Å². The van der Waals surface area contributed by atoms with E-state index < -0.39 is 17.8 Å². The van der Waals surface area contributed by atoms with Crippen molar-refractivity contribution in [2.24, 2.45) is 0 Å². The third kappa shape index (κ3) is 4.85. The number of hydrogen-bond donors (Lipinski definition) is 3. The molecular weight excluding hydrogens is 365 g/mol. The molecule has 1 atom stereocenters. The average Bonchev–Trinajstić information content (AvgIpc) is 3.08. The highest BCUT2D eigenvalue weighted by molar-refractivity contribution is 6.06. The van der Waals surface area contributed by atoms with Crippen LogP contribution in [0.15, 0.2) is 41.1 Å². The second-order valence-electron chi connectivity index (χ2n) is 5.83. The van der Waals surface area contributed by atoms with Crippen molar-refractivity contribution in [1.82, 2.24) is 10.5 Å². The standard InChI is InChI=1S/C18H18FN3O4.C2H6/c1-10-3-4-14(13(19)7-10)21-16-12-8-20-6-5-15(12)25-17(16)18(24)22-26-11(2)9-23;1-2/h3-8,11,21,23H,9H2,1-2H3,(H,22,24);1-2H3. The van der Waals surface area contributed by atoms with Crippen LogP contribution in [0.3, 0.4) is 0 Å². The van der Waals surface area contributed by atoms with Crippen molar-refractivity contribution in [2.45, 2.75) is 33.8 Å². The summed E-state index contributed by atoms with van der Waals surface area (Å²) in [5.74, 6) is -1.21. The van der Waals surface area contributed by atoms with Crippen molar-refractivity contribution < 1.29 is 23.5 Å². The monoisotopic (exact) mass is 389 g/mol. The van der Waals surface area contributed by atoms with Crippen LogP contribution in [-0.4, -0.2) is 28.7 Å². The average molecular weight is 389 g/mol. The Bertz CT molecular complexity index is 942. The number of pyridine rings is 1. The number of carbonyl (C=O) groups excluding carboxylic acids is 1. The number of aryl methyl sites for hydroxylation is 1. The highest BCUT2D eigenvalue weighted by Gasteiger charge is 2.22. The molecule has 1 unspecified atom stereocenters. The minimum atomic E-state index is -0.670. The number of fused-ring (bicyclic) bond motifs is 1. The normalized spacial score (nSPS) is 11.5. The quantitative estimate of drug-likeness (QED) is 0.550.